The van der Waals surface area contributed by atoms with E-state index in [1.54, 1.807) is 0 Å². The van der Waals surface area contributed by atoms with Crippen LogP contribution in [0.4, 0.5) is 5.69 Å². The minimum absolute atomic E-state index is 0.144. The Kier molecular flexibility index (Phi) is 4.47. The second-order valence-corrected chi connectivity index (χ2v) is 7.57. The van der Waals surface area contributed by atoms with Crippen LogP contribution >= 0.6 is 0 Å². The fourth-order valence-electron chi connectivity index (χ4n) is 2.54. The number of aryl methyl sites for hydroxylation is 1. The van der Waals surface area contributed by atoms with Gasteiger partial charge in [-0.1, -0.05) is 12.1 Å². The van der Waals surface area contributed by atoms with Gasteiger partial charge in [0.25, 0.3) is 0 Å². The van der Waals surface area contributed by atoms with Crippen molar-refractivity contribution in [2.24, 2.45) is 0 Å². The standard InChI is InChI=1S/C14H22N2O2S/c1-12-11-19(17,18)10-9-16(12)8-2-3-13-4-6-14(15)7-5-13/h4-7,12H,2-3,8-11,15H2,1H3. The van der Waals surface area contributed by atoms with Gasteiger partial charge in [-0.3, -0.25) is 4.90 Å². The number of hydrogen-bond acceptors (Lipinski definition) is 4. The molecule has 0 saturated carbocycles. The molecular weight excluding hydrogens is 260 g/mol. The predicted octanol–water partition coefficient (Wildman–Crippen LogP) is 1.32. The first-order valence-corrected chi connectivity index (χ1v) is 8.57. The molecule has 0 bridgehead atoms. The molecule has 2 rings (SSSR count). The van der Waals surface area contributed by atoms with Gasteiger partial charge >= 0.3 is 0 Å². The molecule has 0 radical (unpaired) electrons. The van der Waals surface area contributed by atoms with Gasteiger partial charge in [0.1, 0.15) is 0 Å². The Bertz CT molecular complexity index is 511. The van der Waals surface area contributed by atoms with Crippen molar-refractivity contribution in [3.63, 3.8) is 0 Å². The summed E-state index contributed by atoms with van der Waals surface area (Å²) in [4.78, 5) is 2.28. The van der Waals surface area contributed by atoms with Gasteiger partial charge in [-0.15, -0.1) is 0 Å². The first-order chi connectivity index (χ1) is 8.96. The number of sulfone groups is 1. The maximum Gasteiger partial charge on any atom is 0.153 e. The normalized spacial score (nSPS) is 23.3. The lowest BCUT2D eigenvalue weighted by molar-refractivity contribution is 0.224. The summed E-state index contributed by atoms with van der Waals surface area (Å²) in [5, 5.41) is 0. The van der Waals surface area contributed by atoms with Crippen LogP contribution in [0.5, 0.6) is 0 Å². The average molecular weight is 282 g/mol. The van der Waals surface area contributed by atoms with E-state index in [0.717, 1.165) is 25.1 Å². The van der Waals surface area contributed by atoms with Gasteiger partial charge < -0.3 is 5.73 Å². The molecule has 5 heteroatoms. The van der Waals surface area contributed by atoms with Gasteiger partial charge in [0.05, 0.1) is 11.5 Å². The molecule has 1 saturated heterocycles. The molecule has 19 heavy (non-hydrogen) atoms. The fourth-order valence-corrected chi connectivity index (χ4v) is 4.16. The van der Waals surface area contributed by atoms with Crippen LogP contribution in [0, 0.1) is 0 Å². The lowest BCUT2D eigenvalue weighted by Gasteiger charge is -2.33. The Balaban J connectivity index is 1.78. The van der Waals surface area contributed by atoms with Crippen molar-refractivity contribution < 1.29 is 8.42 Å². The van der Waals surface area contributed by atoms with E-state index in [0.29, 0.717) is 18.1 Å². The van der Waals surface area contributed by atoms with Crippen molar-refractivity contribution in [3.8, 4) is 0 Å². The Morgan fingerprint density at radius 2 is 2.00 bits per heavy atom. The maximum absolute atomic E-state index is 11.5. The summed E-state index contributed by atoms with van der Waals surface area (Å²) in [7, 11) is -2.80. The molecule has 1 aromatic carbocycles. The Hall–Kier alpha value is -1.07. The molecule has 4 nitrogen and oxygen atoms in total. The number of rotatable bonds is 4. The van der Waals surface area contributed by atoms with Crippen molar-refractivity contribution in [2.45, 2.75) is 25.8 Å². The molecule has 1 aliphatic heterocycles. The predicted molar refractivity (Wildman–Crippen MR) is 78.9 cm³/mol. The van der Waals surface area contributed by atoms with Gasteiger partial charge in [-0.25, -0.2) is 8.42 Å². The summed E-state index contributed by atoms with van der Waals surface area (Å²) in [6.45, 7) is 3.63. The third-order valence-electron chi connectivity index (χ3n) is 3.70. The van der Waals surface area contributed by atoms with E-state index >= 15 is 0 Å². The van der Waals surface area contributed by atoms with E-state index in [-0.39, 0.29) is 6.04 Å². The average Bonchev–Trinajstić information content (AvgIpc) is 2.34. The van der Waals surface area contributed by atoms with Crippen LogP contribution in [-0.4, -0.2) is 44.0 Å². The Morgan fingerprint density at radius 3 is 2.63 bits per heavy atom. The molecule has 1 atom stereocenters. The third kappa shape index (κ3) is 4.21. The Labute approximate surface area is 115 Å². The summed E-state index contributed by atoms with van der Waals surface area (Å²) in [5.41, 5.74) is 7.72. The molecule has 0 amide bonds. The van der Waals surface area contributed by atoms with E-state index in [9.17, 15) is 8.42 Å². The quantitative estimate of drug-likeness (QED) is 0.846. The first-order valence-electron chi connectivity index (χ1n) is 6.75. The van der Waals surface area contributed by atoms with Gasteiger partial charge in [0, 0.05) is 18.3 Å². The van der Waals surface area contributed by atoms with Crippen molar-refractivity contribution in [1.29, 1.82) is 0 Å². The number of anilines is 1. The van der Waals surface area contributed by atoms with E-state index in [2.05, 4.69) is 17.0 Å². The third-order valence-corrected chi connectivity index (χ3v) is 5.49. The van der Waals surface area contributed by atoms with Gasteiger partial charge in [0.15, 0.2) is 9.84 Å². The van der Waals surface area contributed by atoms with E-state index in [4.69, 9.17) is 5.73 Å². The highest BCUT2D eigenvalue weighted by Gasteiger charge is 2.27. The number of benzene rings is 1. The van der Waals surface area contributed by atoms with Crippen molar-refractivity contribution in [3.05, 3.63) is 29.8 Å². The molecular formula is C14H22N2O2S. The molecule has 1 unspecified atom stereocenters. The second-order valence-electron chi connectivity index (χ2n) is 5.34. The summed E-state index contributed by atoms with van der Waals surface area (Å²) < 4.78 is 23.0. The zero-order valence-corrected chi connectivity index (χ0v) is 12.2. The van der Waals surface area contributed by atoms with Crippen LogP contribution in [0.15, 0.2) is 24.3 Å². The summed E-state index contributed by atoms with van der Waals surface area (Å²) >= 11 is 0. The lowest BCUT2D eigenvalue weighted by Crippen LogP contribution is -2.47. The van der Waals surface area contributed by atoms with Gasteiger partial charge in [0.2, 0.25) is 0 Å². The summed E-state index contributed by atoms with van der Waals surface area (Å²) in [6.07, 6.45) is 2.06. The molecule has 0 aromatic heterocycles. The monoisotopic (exact) mass is 282 g/mol. The largest absolute Gasteiger partial charge is 0.399 e. The SMILES string of the molecule is CC1CS(=O)(=O)CCN1CCCc1ccc(N)cc1. The molecule has 1 heterocycles. The highest BCUT2D eigenvalue weighted by molar-refractivity contribution is 7.91. The van der Waals surface area contributed by atoms with Crippen LogP contribution in [0.1, 0.15) is 18.9 Å². The molecule has 1 aliphatic rings. The number of nitrogen functional groups attached to an aromatic ring is 1. The van der Waals surface area contributed by atoms with Crippen LogP contribution in [0.25, 0.3) is 0 Å². The minimum Gasteiger partial charge on any atom is -0.399 e. The highest BCUT2D eigenvalue weighted by Crippen LogP contribution is 2.13. The fraction of sp³-hybridized carbons (Fsp3) is 0.571. The van der Waals surface area contributed by atoms with Crippen molar-refractivity contribution in [1.82, 2.24) is 4.90 Å². The summed E-state index contributed by atoms with van der Waals surface area (Å²) in [5.74, 6) is 0.605. The van der Waals surface area contributed by atoms with Crippen LogP contribution in [0.2, 0.25) is 0 Å². The zero-order valence-electron chi connectivity index (χ0n) is 11.4. The van der Waals surface area contributed by atoms with Crippen LogP contribution < -0.4 is 5.73 Å². The Morgan fingerprint density at radius 1 is 1.32 bits per heavy atom. The van der Waals surface area contributed by atoms with Gasteiger partial charge in [-0.2, -0.15) is 0 Å². The number of nitrogens with two attached hydrogens (primary N) is 1. The zero-order chi connectivity index (χ0) is 13.9. The van der Waals surface area contributed by atoms with Crippen LogP contribution in [-0.2, 0) is 16.3 Å². The van der Waals surface area contributed by atoms with E-state index in [1.807, 2.05) is 19.1 Å². The van der Waals surface area contributed by atoms with E-state index in [1.165, 1.54) is 5.56 Å². The topological polar surface area (TPSA) is 63.4 Å². The molecule has 0 aliphatic carbocycles. The molecule has 0 spiro atoms. The molecule has 106 valence electrons. The van der Waals surface area contributed by atoms with Gasteiger partial charge in [-0.05, 0) is 44.0 Å². The van der Waals surface area contributed by atoms with E-state index < -0.39 is 9.84 Å². The summed E-state index contributed by atoms with van der Waals surface area (Å²) in [6, 6.07) is 8.10. The smallest absolute Gasteiger partial charge is 0.153 e. The number of nitrogens with zero attached hydrogens (tertiary/aromatic N) is 1. The maximum atomic E-state index is 11.5. The van der Waals surface area contributed by atoms with Crippen molar-refractivity contribution >= 4 is 15.5 Å². The molecule has 1 aromatic rings. The van der Waals surface area contributed by atoms with Crippen LogP contribution in [0.3, 0.4) is 0 Å². The van der Waals surface area contributed by atoms with Crippen molar-refractivity contribution in [2.75, 3.05) is 30.3 Å². The molecule has 2 N–H and O–H groups in total. The minimum atomic E-state index is -2.80. The highest BCUT2D eigenvalue weighted by atomic mass is 32.2. The molecule has 1 fully saturated rings. The lowest BCUT2D eigenvalue weighted by atomic mass is 10.1. The number of hydrogen-bond donors (Lipinski definition) is 1. The first kappa shape index (κ1) is 14.3. The second kappa shape index (κ2) is 5.92.